The van der Waals surface area contributed by atoms with Crippen LogP contribution in [0.1, 0.15) is 0 Å². The number of hydrogen-bond donors (Lipinski definition) is 0. The van der Waals surface area contributed by atoms with Gasteiger partial charge in [0.25, 0.3) is 0 Å². The number of benzene rings is 7. The molecule has 0 atom stereocenters. The third-order valence-electron chi connectivity index (χ3n) is 10.1. The van der Waals surface area contributed by atoms with Crippen molar-refractivity contribution < 1.29 is 255 Å². The van der Waals surface area contributed by atoms with E-state index in [4.69, 9.17) is 0 Å². The van der Waals surface area contributed by atoms with Crippen LogP contribution in [-0.2, 0) is 60.7 Å². The third-order valence-corrected chi connectivity index (χ3v) is 15.2. The molecule has 72 heavy (non-hydrogen) atoms. The second kappa shape index (κ2) is 26.8. The van der Waals surface area contributed by atoms with E-state index in [1.54, 1.807) is 0 Å². The molecule has 0 N–H and O–H groups in total. The molecule has 18 nitrogen and oxygen atoms in total. The zero-order chi connectivity index (χ0) is 48.4. The van der Waals surface area contributed by atoms with Gasteiger partial charge in [0.05, 0.1) is 29.4 Å². The van der Waals surface area contributed by atoms with Gasteiger partial charge in [-0.25, -0.2) is 50.5 Å². The molecule has 0 aliphatic rings. The molecule has 0 saturated carbocycles. The van der Waals surface area contributed by atoms with Crippen molar-refractivity contribution in [3.05, 3.63) is 146 Å². The van der Waals surface area contributed by atoms with Crippen LogP contribution in [0.3, 0.4) is 0 Å². The van der Waals surface area contributed by atoms with Crippen LogP contribution in [0.5, 0.6) is 0 Å². The number of hydrogen-bond acceptors (Lipinski definition) is 18. The number of rotatable bonds is 12. The van der Waals surface area contributed by atoms with Crippen molar-refractivity contribution in [2.75, 3.05) is 0 Å². The van der Waals surface area contributed by atoms with Crippen molar-refractivity contribution in [3.63, 3.8) is 0 Å². The predicted molar refractivity (Wildman–Crippen MR) is 227 cm³/mol. The van der Waals surface area contributed by atoms with Crippen molar-refractivity contribution in [1.82, 2.24) is 0 Å². The van der Waals surface area contributed by atoms with Crippen LogP contribution in [0.25, 0.3) is 66.8 Å². The SMILES string of the molecule is O=S(=O)([O-])c1ccc(-c2c(-c3ccc(S(=O)(=O)[O-])cc3)c(-c3ccc(S(=O)(=O)[O-])cc3)c(-c3ccc(S(=O)(=O)[O-])cc3)c(-c3ccc(S(=O)(=O)[O-])cc3)c2-c2ccc(S(=O)(=O)[O-])cc2)cc1.[Na+].[Na+].[Na+].[Na+].[Na+].[Na+]. The van der Waals surface area contributed by atoms with Gasteiger partial charge in [0.2, 0.25) is 0 Å². The van der Waals surface area contributed by atoms with Gasteiger partial charge < -0.3 is 27.3 Å². The Morgan fingerprint density at radius 3 is 0.333 bits per heavy atom. The monoisotopic (exact) mass is 1150 g/mol. The summed E-state index contributed by atoms with van der Waals surface area (Å²) in [5.41, 5.74) is 0.176. The fourth-order valence-electron chi connectivity index (χ4n) is 7.21. The Balaban J connectivity index is 0.00000432. The average Bonchev–Trinajstić information content (AvgIpc) is 3.24. The van der Waals surface area contributed by atoms with Gasteiger partial charge in [-0.1, -0.05) is 72.8 Å². The molecule has 0 fully saturated rings. The van der Waals surface area contributed by atoms with Crippen LogP contribution >= 0.6 is 0 Å². The van der Waals surface area contributed by atoms with Crippen molar-refractivity contribution >= 4 is 60.7 Å². The molecule has 0 amide bonds. The van der Waals surface area contributed by atoms with Gasteiger partial charge in [-0.15, -0.1) is 0 Å². The Kier molecular flexibility index (Phi) is 26.0. The van der Waals surface area contributed by atoms with Crippen LogP contribution in [0.2, 0.25) is 0 Å². The maximum absolute atomic E-state index is 12.2. The minimum atomic E-state index is -5.09. The Bertz CT molecular complexity index is 3120. The second-order valence-electron chi connectivity index (χ2n) is 14.1. The van der Waals surface area contributed by atoms with E-state index < -0.39 is 90.1 Å². The van der Waals surface area contributed by atoms with Crippen molar-refractivity contribution in [1.29, 1.82) is 0 Å². The van der Waals surface area contributed by atoms with Crippen LogP contribution in [0.15, 0.2) is 175 Å². The molecule has 0 aliphatic carbocycles. The minimum Gasteiger partial charge on any atom is -0.744 e. The van der Waals surface area contributed by atoms with E-state index in [9.17, 15) is 77.8 Å². The molecule has 0 aliphatic heterocycles. The van der Waals surface area contributed by atoms with Crippen LogP contribution in [0, 0.1) is 0 Å². The molecule has 7 rings (SSSR count). The summed E-state index contributed by atoms with van der Waals surface area (Å²) in [5, 5.41) is 0. The van der Waals surface area contributed by atoms with Crippen LogP contribution in [0.4, 0.5) is 0 Å². The molecule has 0 bridgehead atoms. The van der Waals surface area contributed by atoms with Crippen molar-refractivity contribution in [2.45, 2.75) is 29.4 Å². The minimum absolute atomic E-state index is 0. The molecule has 30 heteroatoms. The molecular formula is C42H24Na6O18S6. The van der Waals surface area contributed by atoms with Crippen LogP contribution in [-0.4, -0.2) is 77.8 Å². The van der Waals surface area contributed by atoms with Crippen LogP contribution < -0.4 is 177 Å². The Hall–Kier alpha value is 0.00000000000000178. The van der Waals surface area contributed by atoms with E-state index in [-0.39, 0.29) is 244 Å². The molecule has 0 saturated heterocycles. The summed E-state index contributed by atoms with van der Waals surface area (Å²) < 4.78 is 219. The van der Waals surface area contributed by atoms with Gasteiger partial charge in [-0.3, -0.25) is 0 Å². The summed E-state index contributed by atoms with van der Waals surface area (Å²) in [4.78, 5) is -4.26. The normalized spacial score (nSPS) is 11.8. The first-order valence-electron chi connectivity index (χ1n) is 18.2. The maximum atomic E-state index is 12.2. The van der Waals surface area contributed by atoms with Gasteiger partial charge in [-0.2, -0.15) is 0 Å². The molecule has 0 radical (unpaired) electrons. The zero-order valence-electron chi connectivity index (χ0n) is 38.7. The quantitative estimate of drug-likeness (QED) is 0.0810. The summed E-state index contributed by atoms with van der Waals surface area (Å²) in [7, 11) is -30.6. The maximum Gasteiger partial charge on any atom is 1.00 e. The van der Waals surface area contributed by atoms with E-state index in [0.717, 1.165) is 72.8 Å². The van der Waals surface area contributed by atoms with E-state index >= 15 is 0 Å². The fraction of sp³-hybridized carbons (Fsp3) is 0. The summed E-state index contributed by atoms with van der Waals surface area (Å²) in [6.45, 7) is 0. The Morgan fingerprint density at radius 2 is 0.264 bits per heavy atom. The zero-order valence-corrected chi connectivity index (χ0v) is 55.6. The summed E-state index contributed by atoms with van der Waals surface area (Å²) in [6, 6.07) is 25.4. The summed E-state index contributed by atoms with van der Waals surface area (Å²) >= 11 is 0. The molecule has 7 aromatic rings. The molecule has 0 aromatic heterocycles. The van der Waals surface area contributed by atoms with E-state index in [0.29, 0.717) is 0 Å². The fourth-order valence-corrected chi connectivity index (χ4v) is 10.0. The molecule has 7 aromatic carbocycles. The van der Waals surface area contributed by atoms with E-state index in [1.165, 1.54) is 72.8 Å². The summed E-state index contributed by atoms with van der Waals surface area (Å²) in [6.07, 6.45) is 0. The molecule has 0 unspecified atom stereocenters. The van der Waals surface area contributed by atoms with Gasteiger partial charge in [-0.05, 0) is 140 Å². The Labute approximate surface area is 548 Å². The predicted octanol–water partition coefficient (Wildman–Crippen LogP) is -12.9. The first-order chi connectivity index (χ1) is 30.5. The molecule has 0 heterocycles. The van der Waals surface area contributed by atoms with Gasteiger partial charge in [0.1, 0.15) is 60.7 Å². The van der Waals surface area contributed by atoms with Gasteiger partial charge in [0, 0.05) is 0 Å². The second-order valence-corrected chi connectivity index (χ2v) is 22.4. The Morgan fingerprint density at radius 1 is 0.181 bits per heavy atom. The summed E-state index contributed by atoms with van der Waals surface area (Å²) in [5.74, 6) is 0. The van der Waals surface area contributed by atoms with E-state index in [2.05, 4.69) is 0 Å². The van der Waals surface area contributed by atoms with Gasteiger partial charge in [0.15, 0.2) is 0 Å². The smallest absolute Gasteiger partial charge is 0.744 e. The van der Waals surface area contributed by atoms with E-state index in [1.807, 2.05) is 0 Å². The molecule has 0 spiro atoms. The van der Waals surface area contributed by atoms with Crippen molar-refractivity contribution in [3.8, 4) is 66.8 Å². The first kappa shape index (κ1) is 70.0. The average molecular weight is 1150 g/mol. The topological polar surface area (TPSA) is 343 Å². The standard InChI is InChI=1S/C42H30O18S6.6Na/c43-61(44,45)31-13-1-25(2-14-31)37-38(26-3-15-32(16-4-26)62(46,47)48)40(28-7-19-34(20-8-28)64(52,53)54)42(30-11-23-36(24-12-30)66(58,59)60)41(29-9-21-35(22-10-29)65(55,56)57)39(37)27-5-17-33(18-6-27)63(49,50)51;;;;;;/h1-24H,(H,43,44,45)(H,46,47,48)(H,49,50,51)(H,52,53,54)(H,55,56,57)(H,58,59,60);;;;;;/q;6*+1/p-6. The molecular weight excluding hydrogens is 1120 g/mol. The van der Waals surface area contributed by atoms with Crippen molar-refractivity contribution in [2.24, 2.45) is 0 Å². The van der Waals surface area contributed by atoms with Gasteiger partial charge >= 0.3 is 177 Å². The molecule has 342 valence electrons. The largest absolute Gasteiger partial charge is 1.00 e. The third kappa shape index (κ3) is 16.1. The first-order valence-corrected chi connectivity index (χ1v) is 26.6.